The van der Waals surface area contributed by atoms with Gasteiger partial charge in [-0.3, -0.25) is 0 Å². The Bertz CT molecular complexity index is 256. The van der Waals surface area contributed by atoms with Crippen LogP contribution in [-0.2, 0) is 0 Å². The van der Waals surface area contributed by atoms with E-state index in [-0.39, 0.29) is 0 Å². The molecule has 0 N–H and O–H groups in total. The van der Waals surface area contributed by atoms with Crippen LogP contribution in [0.1, 0.15) is 30.2 Å². The lowest BCUT2D eigenvalue weighted by Crippen LogP contribution is -1.96. The van der Waals surface area contributed by atoms with E-state index in [9.17, 15) is 0 Å². The molecule has 0 fully saturated rings. The van der Waals surface area contributed by atoms with Gasteiger partial charge in [-0.1, -0.05) is 25.5 Å². The molecule has 0 unspecified atom stereocenters. The second kappa shape index (κ2) is 6.15. The topological polar surface area (TPSA) is 9.23 Å². The van der Waals surface area contributed by atoms with Gasteiger partial charge in [0.25, 0.3) is 0 Å². The van der Waals surface area contributed by atoms with Gasteiger partial charge in [-0.25, -0.2) is 0 Å². The van der Waals surface area contributed by atoms with Crippen LogP contribution in [0.4, 0.5) is 0 Å². The maximum absolute atomic E-state index is 5.71. The Morgan fingerprint density at radius 1 is 1.21 bits per heavy atom. The number of hydrogen-bond acceptors (Lipinski definition) is 1. The Hall–Kier alpha value is -0.400. The average Bonchev–Trinajstić information content (AvgIpc) is 2.19. The van der Waals surface area contributed by atoms with Gasteiger partial charge >= 0.3 is 0 Å². The van der Waals surface area contributed by atoms with Crippen LogP contribution in [-0.4, -0.2) is 6.61 Å². The van der Waals surface area contributed by atoms with Gasteiger partial charge in [-0.05, 0) is 24.1 Å². The smallest absolute Gasteiger partial charge is 0.132 e. The second-order valence-corrected chi connectivity index (χ2v) is 4.17. The highest BCUT2D eigenvalue weighted by atomic mass is 35.5. The molecule has 0 aromatic heterocycles. The first kappa shape index (κ1) is 11.7. The third kappa shape index (κ3) is 3.77. The molecule has 3 heteroatoms. The lowest BCUT2D eigenvalue weighted by molar-refractivity contribution is 0.309. The number of benzene rings is 1. The summed E-state index contributed by atoms with van der Waals surface area (Å²) >= 11 is 11.4. The summed E-state index contributed by atoms with van der Waals surface area (Å²) in [6, 6.07) is 7.55. The van der Waals surface area contributed by atoms with Crippen molar-refractivity contribution in [2.75, 3.05) is 6.61 Å². The van der Waals surface area contributed by atoms with Gasteiger partial charge in [0.05, 0.1) is 6.61 Å². The molecule has 1 aromatic rings. The van der Waals surface area contributed by atoms with Crippen LogP contribution in [0, 0.1) is 0 Å². The van der Waals surface area contributed by atoms with Crippen LogP contribution < -0.4 is 4.74 Å². The molecular formula is C11H14Cl2O. The molecule has 14 heavy (non-hydrogen) atoms. The lowest BCUT2D eigenvalue weighted by atomic mass is 10.2. The molecule has 1 rings (SSSR count). The Kier molecular flexibility index (Phi) is 5.13. The van der Waals surface area contributed by atoms with Gasteiger partial charge in [0.1, 0.15) is 10.6 Å². The lowest BCUT2D eigenvalue weighted by Gasteiger charge is -2.06. The number of hydrogen-bond donors (Lipinski definition) is 0. The van der Waals surface area contributed by atoms with Crippen molar-refractivity contribution < 1.29 is 4.74 Å². The molecule has 0 amide bonds. The van der Waals surface area contributed by atoms with E-state index in [0.29, 0.717) is 0 Å². The zero-order valence-electron chi connectivity index (χ0n) is 8.17. The Morgan fingerprint density at radius 2 is 1.86 bits per heavy atom. The number of unbranched alkanes of at least 4 members (excludes halogenated alkanes) is 1. The van der Waals surface area contributed by atoms with Crippen molar-refractivity contribution in [3.63, 3.8) is 0 Å². The molecule has 0 aliphatic heterocycles. The van der Waals surface area contributed by atoms with Gasteiger partial charge in [-0.15, -0.1) is 23.2 Å². The average molecular weight is 233 g/mol. The normalized spacial score (nSPS) is 10.6. The quantitative estimate of drug-likeness (QED) is 0.542. The highest BCUT2D eigenvalue weighted by Crippen LogP contribution is 2.26. The fraction of sp³-hybridized carbons (Fsp3) is 0.455. The van der Waals surface area contributed by atoms with E-state index >= 15 is 0 Å². The molecule has 0 saturated carbocycles. The fourth-order valence-electron chi connectivity index (χ4n) is 1.04. The zero-order valence-corrected chi connectivity index (χ0v) is 9.68. The number of halogens is 2. The third-order valence-electron chi connectivity index (χ3n) is 1.90. The standard InChI is InChI=1S/C11H14Cl2O/c1-2-3-8-14-10-6-4-9(5-7-10)11(12)13/h4-7,11H,2-3,8H2,1H3. The molecule has 0 saturated heterocycles. The Balaban J connectivity index is 2.47. The summed E-state index contributed by atoms with van der Waals surface area (Å²) in [6.07, 6.45) is 2.22. The maximum atomic E-state index is 5.71. The zero-order chi connectivity index (χ0) is 10.4. The fourth-order valence-corrected chi connectivity index (χ4v) is 1.33. The Labute approximate surface area is 95.0 Å². The molecule has 1 nitrogen and oxygen atoms in total. The molecular weight excluding hydrogens is 219 g/mol. The number of alkyl halides is 2. The van der Waals surface area contributed by atoms with Crippen molar-refractivity contribution in [2.24, 2.45) is 0 Å². The van der Waals surface area contributed by atoms with E-state index in [1.54, 1.807) is 0 Å². The van der Waals surface area contributed by atoms with Crippen LogP contribution in [0.2, 0.25) is 0 Å². The van der Waals surface area contributed by atoms with Crippen LogP contribution in [0.3, 0.4) is 0 Å². The van der Waals surface area contributed by atoms with Gasteiger partial charge in [-0.2, -0.15) is 0 Å². The van der Waals surface area contributed by atoms with Crippen LogP contribution in [0.15, 0.2) is 24.3 Å². The third-order valence-corrected chi connectivity index (χ3v) is 2.40. The first-order chi connectivity index (χ1) is 6.74. The minimum absolute atomic E-state index is 0.459. The number of ether oxygens (including phenoxy) is 1. The molecule has 0 atom stereocenters. The van der Waals surface area contributed by atoms with E-state index in [2.05, 4.69) is 6.92 Å². The summed E-state index contributed by atoms with van der Waals surface area (Å²) in [4.78, 5) is -0.459. The molecule has 0 aliphatic carbocycles. The van der Waals surface area contributed by atoms with Crippen LogP contribution in [0.25, 0.3) is 0 Å². The van der Waals surface area contributed by atoms with E-state index in [1.807, 2.05) is 24.3 Å². The van der Waals surface area contributed by atoms with Crippen LogP contribution >= 0.6 is 23.2 Å². The van der Waals surface area contributed by atoms with Gasteiger partial charge in [0.15, 0.2) is 0 Å². The van der Waals surface area contributed by atoms with Crippen molar-refractivity contribution in [2.45, 2.75) is 24.6 Å². The van der Waals surface area contributed by atoms with E-state index < -0.39 is 4.84 Å². The first-order valence-electron chi connectivity index (χ1n) is 4.75. The Morgan fingerprint density at radius 3 is 2.36 bits per heavy atom. The summed E-state index contributed by atoms with van der Waals surface area (Å²) in [5.41, 5.74) is 0.899. The molecule has 78 valence electrons. The van der Waals surface area contributed by atoms with Crippen LogP contribution in [0.5, 0.6) is 5.75 Å². The van der Waals surface area contributed by atoms with E-state index in [4.69, 9.17) is 27.9 Å². The summed E-state index contributed by atoms with van der Waals surface area (Å²) in [5, 5.41) is 0. The van der Waals surface area contributed by atoms with Gasteiger partial charge in [0, 0.05) is 0 Å². The van der Waals surface area contributed by atoms with E-state index in [0.717, 1.165) is 30.8 Å². The summed E-state index contributed by atoms with van der Waals surface area (Å²) < 4.78 is 5.49. The first-order valence-corrected chi connectivity index (χ1v) is 5.62. The largest absolute Gasteiger partial charge is 0.494 e. The minimum Gasteiger partial charge on any atom is -0.494 e. The van der Waals surface area contributed by atoms with Gasteiger partial charge in [0.2, 0.25) is 0 Å². The van der Waals surface area contributed by atoms with Crippen molar-refractivity contribution >= 4 is 23.2 Å². The molecule has 0 spiro atoms. The van der Waals surface area contributed by atoms with Gasteiger partial charge < -0.3 is 4.74 Å². The molecule has 0 bridgehead atoms. The molecule has 1 aromatic carbocycles. The SMILES string of the molecule is CCCCOc1ccc(C(Cl)Cl)cc1. The molecule has 0 radical (unpaired) electrons. The summed E-state index contributed by atoms with van der Waals surface area (Å²) in [7, 11) is 0. The molecule has 0 heterocycles. The minimum atomic E-state index is -0.459. The predicted octanol–water partition coefficient (Wildman–Crippen LogP) is 4.34. The predicted molar refractivity (Wildman–Crippen MR) is 61.3 cm³/mol. The monoisotopic (exact) mass is 232 g/mol. The summed E-state index contributed by atoms with van der Waals surface area (Å²) in [5.74, 6) is 0.871. The van der Waals surface area contributed by atoms with Crippen molar-refractivity contribution in [3.8, 4) is 5.75 Å². The number of rotatable bonds is 5. The highest BCUT2D eigenvalue weighted by molar-refractivity contribution is 6.44. The van der Waals surface area contributed by atoms with E-state index in [1.165, 1.54) is 0 Å². The summed E-state index contributed by atoms with van der Waals surface area (Å²) in [6.45, 7) is 2.90. The highest BCUT2D eigenvalue weighted by Gasteiger charge is 2.02. The van der Waals surface area contributed by atoms with Crippen molar-refractivity contribution in [1.29, 1.82) is 0 Å². The maximum Gasteiger partial charge on any atom is 0.132 e. The van der Waals surface area contributed by atoms with Crippen molar-refractivity contribution in [3.05, 3.63) is 29.8 Å². The molecule has 0 aliphatic rings. The van der Waals surface area contributed by atoms with Crippen molar-refractivity contribution in [1.82, 2.24) is 0 Å². The second-order valence-electron chi connectivity index (χ2n) is 3.07.